The second-order valence-corrected chi connectivity index (χ2v) is 6.35. The Morgan fingerprint density at radius 3 is 2.96 bits per heavy atom. The van der Waals surface area contributed by atoms with Crippen molar-refractivity contribution in [1.82, 2.24) is 10.6 Å². The van der Waals surface area contributed by atoms with Crippen molar-refractivity contribution in [1.29, 1.82) is 0 Å². The highest BCUT2D eigenvalue weighted by Crippen LogP contribution is 2.23. The molecule has 3 rings (SSSR count). The van der Waals surface area contributed by atoms with Gasteiger partial charge in [0.2, 0.25) is 5.91 Å². The Morgan fingerprint density at radius 2 is 2.19 bits per heavy atom. The van der Waals surface area contributed by atoms with Crippen LogP contribution in [0, 0.1) is 0 Å². The molecule has 146 valence electrons. The second kappa shape index (κ2) is 8.94. The first-order chi connectivity index (χ1) is 13.1. The Kier molecular flexibility index (Phi) is 6.38. The summed E-state index contributed by atoms with van der Waals surface area (Å²) in [7, 11) is 0. The minimum atomic E-state index is -0.540. The van der Waals surface area contributed by atoms with Crippen LogP contribution >= 0.6 is 0 Å². The Bertz CT molecular complexity index is 710. The number of imide groups is 1. The van der Waals surface area contributed by atoms with Gasteiger partial charge in [-0.3, -0.25) is 19.8 Å². The Labute approximate surface area is 156 Å². The number of carbonyl (C=O) groups excluding carboxylic acids is 3. The highest BCUT2D eigenvalue weighted by atomic mass is 16.5. The summed E-state index contributed by atoms with van der Waals surface area (Å²) in [5.41, 5.74) is 0.786. The van der Waals surface area contributed by atoms with Gasteiger partial charge in [0.25, 0.3) is 5.91 Å². The van der Waals surface area contributed by atoms with Crippen LogP contribution in [0.5, 0.6) is 0 Å². The first-order valence-corrected chi connectivity index (χ1v) is 8.91. The maximum atomic E-state index is 12.9. The average Bonchev–Trinajstić information content (AvgIpc) is 2.67. The number of ether oxygens (including phenoxy) is 2. The molecule has 0 aliphatic carbocycles. The molecule has 2 fully saturated rings. The van der Waals surface area contributed by atoms with Gasteiger partial charge in [-0.05, 0) is 18.6 Å². The van der Waals surface area contributed by atoms with Crippen molar-refractivity contribution < 1.29 is 29.0 Å². The third-order valence-electron chi connectivity index (χ3n) is 4.54. The van der Waals surface area contributed by atoms with E-state index < -0.39 is 6.03 Å². The number of benzene rings is 1. The van der Waals surface area contributed by atoms with E-state index in [9.17, 15) is 14.4 Å². The molecular formula is C18H23N3O6. The monoisotopic (exact) mass is 377 g/mol. The summed E-state index contributed by atoms with van der Waals surface area (Å²) in [6, 6.07) is 5.96. The van der Waals surface area contributed by atoms with E-state index in [4.69, 9.17) is 14.6 Å². The normalized spacial score (nSPS) is 23.1. The highest BCUT2D eigenvalue weighted by molar-refractivity contribution is 6.09. The SMILES string of the molecule is O=C1CCN(c2ccccc2C(=O)N[C@@H]2CCOC[C@H]2OCCO)C(=O)N1. The molecule has 2 saturated heterocycles. The summed E-state index contributed by atoms with van der Waals surface area (Å²) in [5, 5.41) is 14.2. The van der Waals surface area contributed by atoms with Gasteiger partial charge in [-0.2, -0.15) is 0 Å². The second-order valence-electron chi connectivity index (χ2n) is 6.35. The summed E-state index contributed by atoms with van der Waals surface area (Å²) in [5.74, 6) is -0.663. The van der Waals surface area contributed by atoms with E-state index in [0.717, 1.165) is 0 Å². The van der Waals surface area contributed by atoms with Crippen molar-refractivity contribution >= 4 is 23.5 Å². The molecule has 2 aliphatic rings. The molecule has 0 saturated carbocycles. The van der Waals surface area contributed by atoms with Crippen LogP contribution in [-0.2, 0) is 14.3 Å². The molecule has 9 heteroatoms. The number of urea groups is 1. The quantitative estimate of drug-likeness (QED) is 0.644. The van der Waals surface area contributed by atoms with Crippen LogP contribution in [-0.4, -0.2) is 68.1 Å². The fraction of sp³-hybridized carbons (Fsp3) is 0.500. The third kappa shape index (κ3) is 4.62. The van der Waals surface area contributed by atoms with Crippen LogP contribution < -0.4 is 15.5 Å². The lowest BCUT2D eigenvalue weighted by Crippen LogP contribution is -2.52. The molecule has 4 amide bonds. The smallest absolute Gasteiger partial charge is 0.328 e. The Morgan fingerprint density at radius 1 is 1.37 bits per heavy atom. The minimum Gasteiger partial charge on any atom is -0.394 e. The standard InChI is InChI=1S/C18H23N3O6/c22-8-10-27-15-11-26-9-6-13(15)19-17(24)12-3-1-2-4-14(12)21-7-5-16(23)20-18(21)25/h1-4,13,15,22H,5-11H2,(H,19,24)(H,20,23,25)/t13-,15-/m1/s1. The number of aliphatic hydroxyl groups excluding tert-OH is 1. The summed E-state index contributed by atoms with van der Waals surface area (Å²) in [4.78, 5) is 37.8. The van der Waals surface area contributed by atoms with Gasteiger partial charge < -0.3 is 19.9 Å². The van der Waals surface area contributed by atoms with Crippen LogP contribution in [0.15, 0.2) is 24.3 Å². The van der Waals surface area contributed by atoms with Crippen molar-refractivity contribution in [3.8, 4) is 0 Å². The number of rotatable bonds is 6. The third-order valence-corrected chi connectivity index (χ3v) is 4.54. The van der Waals surface area contributed by atoms with Crippen molar-refractivity contribution in [3.63, 3.8) is 0 Å². The van der Waals surface area contributed by atoms with E-state index in [1.54, 1.807) is 24.3 Å². The summed E-state index contributed by atoms with van der Waals surface area (Å²) in [6.07, 6.45) is 0.416. The first kappa shape index (κ1) is 19.3. The summed E-state index contributed by atoms with van der Waals surface area (Å²) in [6.45, 7) is 1.11. The van der Waals surface area contributed by atoms with E-state index in [2.05, 4.69) is 10.6 Å². The number of carbonyl (C=O) groups is 3. The predicted octanol–water partition coefficient (Wildman–Crippen LogP) is 0.0291. The number of anilines is 1. The molecule has 0 bridgehead atoms. The Hall–Kier alpha value is -2.49. The lowest BCUT2D eigenvalue weighted by Gasteiger charge is -2.33. The molecule has 9 nitrogen and oxygen atoms in total. The van der Waals surface area contributed by atoms with Crippen LogP contribution in [0.4, 0.5) is 10.5 Å². The first-order valence-electron chi connectivity index (χ1n) is 8.91. The molecule has 0 aromatic heterocycles. The van der Waals surface area contributed by atoms with Crippen molar-refractivity contribution in [2.45, 2.75) is 25.0 Å². The molecule has 2 heterocycles. The molecule has 1 aromatic carbocycles. The van der Waals surface area contributed by atoms with Crippen LogP contribution in [0.2, 0.25) is 0 Å². The summed E-state index contributed by atoms with van der Waals surface area (Å²) >= 11 is 0. The van der Waals surface area contributed by atoms with Crippen LogP contribution in [0.25, 0.3) is 0 Å². The number of para-hydroxylation sites is 1. The molecule has 0 radical (unpaired) electrons. The van der Waals surface area contributed by atoms with Gasteiger partial charge >= 0.3 is 6.03 Å². The molecule has 1 aromatic rings. The van der Waals surface area contributed by atoms with Crippen LogP contribution in [0.3, 0.4) is 0 Å². The van der Waals surface area contributed by atoms with E-state index in [0.29, 0.717) is 30.9 Å². The van der Waals surface area contributed by atoms with E-state index in [-0.39, 0.29) is 50.1 Å². The van der Waals surface area contributed by atoms with E-state index >= 15 is 0 Å². The molecule has 27 heavy (non-hydrogen) atoms. The Balaban J connectivity index is 1.75. The van der Waals surface area contributed by atoms with Gasteiger partial charge in [-0.25, -0.2) is 4.79 Å². The maximum absolute atomic E-state index is 12.9. The van der Waals surface area contributed by atoms with Gasteiger partial charge in [0, 0.05) is 19.6 Å². The average molecular weight is 377 g/mol. The molecule has 2 atom stereocenters. The summed E-state index contributed by atoms with van der Waals surface area (Å²) < 4.78 is 10.9. The lowest BCUT2D eigenvalue weighted by atomic mass is 10.0. The zero-order chi connectivity index (χ0) is 19.2. The zero-order valence-electron chi connectivity index (χ0n) is 14.8. The molecule has 2 aliphatic heterocycles. The number of amides is 4. The number of nitrogens with one attached hydrogen (secondary N) is 2. The highest BCUT2D eigenvalue weighted by Gasteiger charge is 2.31. The van der Waals surface area contributed by atoms with Crippen molar-refractivity contribution in [3.05, 3.63) is 29.8 Å². The fourth-order valence-corrected chi connectivity index (χ4v) is 3.19. The van der Waals surface area contributed by atoms with E-state index in [1.165, 1.54) is 4.90 Å². The van der Waals surface area contributed by atoms with Crippen LogP contribution in [0.1, 0.15) is 23.2 Å². The van der Waals surface area contributed by atoms with E-state index in [1.807, 2.05) is 0 Å². The van der Waals surface area contributed by atoms with Gasteiger partial charge in [0.15, 0.2) is 0 Å². The van der Waals surface area contributed by atoms with Crippen molar-refractivity contribution in [2.75, 3.05) is 37.9 Å². The van der Waals surface area contributed by atoms with Gasteiger partial charge in [-0.15, -0.1) is 0 Å². The molecule has 0 spiro atoms. The van der Waals surface area contributed by atoms with Crippen molar-refractivity contribution in [2.24, 2.45) is 0 Å². The number of aliphatic hydroxyl groups is 1. The largest absolute Gasteiger partial charge is 0.394 e. The predicted molar refractivity (Wildman–Crippen MR) is 95.5 cm³/mol. The number of nitrogens with zero attached hydrogens (tertiary/aromatic N) is 1. The van der Waals surface area contributed by atoms with Gasteiger partial charge in [0.1, 0.15) is 6.10 Å². The molecule has 0 unspecified atom stereocenters. The lowest BCUT2D eigenvalue weighted by molar-refractivity contribution is -0.120. The minimum absolute atomic E-state index is 0.108. The number of hydrogen-bond acceptors (Lipinski definition) is 6. The fourth-order valence-electron chi connectivity index (χ4n) is 3.19. The molecule has 3 N–H and O–H groups in total. The molecular weight excluding hydrogens is 354 g/mol. The number of hydrogen-bond donors (Lipinski definition) is 3. The van der Waals surface area contributed by atoms with Gasteiger partial charge in [-0.1, -0.05) is 12.1 Å². The van der Waals surface area contributed by atoms with Gasteiger partial charge in [0.05, 0.1) is 37.1 Å². The topological polar surface area (TPSA) is 117 Å². The maximum Gasteiger partial charge on any atom is 0.328 e. The zero-order valence-corrected chi connectivity index (χ0v) is 14.8.